The molecule has 1 heterocycles. The van der Waals surface area contributed by atoms with Crippen LogP contribution >= 0.6 is 15.9 Å². The van der Waals surface area contributed by atoms with E-state index in [0.717, 1.165) is 23.6 Å². The zero-order valence-corrected chi connectivity index (χ0v) is 12.0. The average molecular weight is 297 g/mol. The molecule has 2 rings (SSSR count). The van der Waals surface area contributed by atoms with Crippen LogP contribution < -0.4 is 5.32 Å². The number of rotatable bonds is 5. The molecule has 0 bridgehead atoms. The van der Waals surface area contributed by atoms with Crippen molar-refractivity contribution < 1.29 is 0 Å². The van der Waals surface area contributed by atoms with E-state index >= 15 is 0 Å². The summed E-state index contributed by atoms with van der Waals surface area (Å²) in [5, 5.41) is 3.57. The largest absolute Gasteiger partial charge is 0.311 e. The maximum Gasteiger partial charge on any atom is 0.0221 e. The van der Waals surface area contributed by atoms with Crippen LogP contribution in [-0.2, 0) is 6.54 Å². The number of likely N-dealkylation sites (N-methyl/N-ethyl adjacent to an activating group) is 1. The Morgan fingerprint density at radius 2 is 2.35 bits per heavy atom. The second kappa shape index (κ2) is 6.53. The Hall–Kier alpha value is -0.380. The van der Waals surface area contributed by atoms with Crippen LogP contribution in [-0.4, -0.2) is 30.6 Å². The van der Waals surface area contributed by atoms with E-state index in [1.807, 2.05) is 0 Å². The van der Waals surface area contributed by atoms with Crippen molar-refractivity contribution in [3.8, 4) is 0 Å². The van der Waals surface area contributed by atoms with Crippen molar-refractivity contribution in [1.29, 1.82) is 0 Å². The molecule has 0 spiro atoms. The number of benzene rings is 1. The fourth-order valence-electron chi connectivity index (χ4n) is 2.57. The quantitative estimate of drug-likeness (QED) is 0.898. The summed E-state index contributed by atoms with van der Waals surface area (Å²) in [5.74, 6) is 0. The van der Waals surface area contributed by atoms with E-state index in [1.165, 1.54) is 31.5 Å². The van der Waals surface area contributed by atoms with Crippen LogP contribution in [0.5, 0.6) is 0 Å². The van der Waals surface area contributed by atoms with Gasteiger partial charge in [0.1, 0.15) is 0 Å². The lowest BCUT2D eigenvalue weighted by Crippen LogP contribution is -2.37. The molecule has 1 atom stereocenters. The molecule has 1 fully saturated rings. The van der Waals surface area contributed by atoms with Crippen LogP contribution in [0.1, 0.15) is 25.3 Å². The van der Waals surface area contributed by atoms with Gasteiger partial charge in [0.05, 0.1) is 0 Å². The first-order chi connectivity index (χ1) is 8.29. The number of nitrogens with one attached hydrogen (secondary N) is 1. The highest BCUT2D eigenvalue weighted by Crippen LogP contribution is 2.16. The van der Waals surface area contributed by atoms with E-state index in [9.17, 15) is 0 Å². The Kier molecular flexibility index (Phi) is 5.01. The lowest BCUT2D eigenvalue weighted by atomic mass is 10.2. The molecule has 2 nitrogen and oxygen atoms in total. The number of hydrogen-bond donors (Lipinski definition) is 1. The monoisotopic (exact) mass is 296 g/mol. The van der Waals surface area contributed by atoms with Gasteiger partial charge in [-0.05, 0) is 43.6 Å². The third-order valence-corrected chi connectivity index (χ3v) is 4.00. The van der Waals surface area contributed by atoms with Gasteiger partial charge in [-0.2, -0.15) is 0 Å². The van der Waals surface area contributed by atoms with Crippen molar-refractivity contribution in [2.24, 2.45) is 0 Å². The molecule has 1 aromatic carbocycles. The van der Waals surface area contributed by atoms with Gasteiger partial charge in [-0.1, -0.05) is 35.0 Å². The lowest BCUT2D eigenvalue weighted by Gasteiger charge is -2.23. The maximum absolute atomic E-state index is 3.57. The minimum absolute atomic E-state index is 0.743. The summed E-state index contributed by atoms with van der Waals surface area (Å²) in [6.07, 6.45) is 2.70. The minimum atomic E-state index is 0.743. The van der Waals surface area contributed by atoms with Crippen molar-refractivity contribution >= 4 is 15.9 Å². The zero-order valence-electron chi connectivity index (χ0n) is 10.5. The molecule has 0 amide bonds. The molecule has 0 saturated carbocycles. The zero-order chi connectivity index (χ0) is 12.1. The van der Waals surface area contributed by atoms with Gasteiger partial charge in [-0.25, -0.2) is 0 Å². The summed E-state index contributed by atoms with van der Waals surface area (Å²) in [5.41, 5.74) is 1.35. The maximum atomic E-state index is 3.57. The van der Waals surface area contributed by atoms with Gasteiger partial charge in [-0.15, -0.1) is 0 Å². The predicted octanol–water partition coefficient (Wildman–Crippen LogP) is 3.02. The first-order valence-electron chi connectivity index (χ1n) is 6.49. The molecule has 1 saturated heterocycles. The summed E-state index contributed by atoms with van der Waals surface area (Å²) in [6.45, 7) is 6.80. The smallest absolute Gasteiger partial charge is 0.0221 e. The van der Waals surface area contributed by atoms with Gasteiger partial charge in [0.25, 0.3) is 0 Å². The number of nitrogens with zero attached hydrogens (tertiary/aromatic N) is 1. The Balaban J connectivity index is 1.76. The predicted molar refractivity (Wildman–Crippen MR) is 76.1 cm³/mol. The molecule has 1 aromatic rings. The number of halogens is 1. The molecule has 94 valence electrons. The van der Waals surface area contributed by atoms with E-state index in [-0.39, 0.29) is 0 Å². The highest BCUT2D eigenvalue weighted by atomic mass is 79.9. The molecule has 1 aliphatic heterocycles. The molecule has 1 N–H and O–H groups in total. The van der Waals surface area contributed by atoms with Crippen molar-refractivity contribution in [3.05, 3.63) is 34.3 Å². The molecule has 0 aromatic heterocycles. The van der Waals surface area contributed by atoms with E-state index in [4.69, 9.17) is 0 Å². The SMILES string of the molecule is CCN1CCC[C@H]1CNCc1cccc(Br)c1. The summed E-state index contributed by atoms with van der Waals surface area (Å²) in [4.78, 5) is 2.58. The van der Waals surface area contributed by atoms with Crippen molar-refractivity contribution in [2.75, 3.05) is 19.6 Å². The van der Waals surface area contributed by atoms with Gasteiger partial charge in [0, 0.05) is 23.6 Å². The van der Waals surface area contributed by atoms with Crippen LogP contribution in [0.15, 0.2) is 28.7 Å². The first kappa shape index (κ1) is 13.1. The standard InChI is InChI=1S/C14H21BrN2/c1-2-17-8-4-7-14(17)11-16-10-12-5-3-6-13(15)9-12/h3,5-6,9,14,16H,2,4,7-8,10-11H2,1H3/t14-/m0/s1. The van der Waals surface area contributed by atoms with Gasteiger partial charge in [0.15, 0.2) is 0 Å². The average Bonchev–Trinajstić information content (AvgIpc) is 2.77. The summed E-state index contributed by atoms with van der Waals surface area (Å²) >= 11 is 3.51. The first-order valence-corrected chi connectivity index (χ1v) is 7.28. The molecular formula is C14H21BrN2. The van der Waals surface area contributed by atoms with E-state index < -0.39 is 0 Å². The molecule has 0 radical (unpaired) electrons. The second-order valence-corrected chi connectivity index (χ2v) is 5.60. The van der Waals surface area contributed by atoms with Crippen LogP contribution in [0.3, 0.4) is 0 Å². The molecule has 17 heavy (non-hydrogen) atoms. The molecule has 0 unspecified atom stereocenters. The van der Waals surface area contributed by atoms with E-state index in [1.54, 1.807) is 0 Å². The minimum Gasteiger partial charge on any atom is -0.311 e. The molecule has 1 aliphatic rings. The fourth-order valence-corrected chi connectivity index (χ4v) is 3.02. The Morgan fingerprint density at radius 1 is 1.47 bits per heavy atom. The molecule has 0 aliphatic carbocycles. The third-order valence-electron chi connectivity index (χ3n) is 3.50. The summed E-state index contributed by atoms with van der Waals surface area (Å²) in [6, 6.07) is 9.25. The second-order valence-electron chi connectivity index (χ2n) is 4.69. The van der Waals surface area contributed by atoms with Crippen LogP contribution in [0.25, 0.3) is 0 Å². The fraction of sp³-hybridized carbons (Fsp3) is 0.571. The van der Waals surface area contributed by atoms with E-state index in [2.05, 4.69) is 57.3 Å². The van der Waals surface area contributed by atoms with Gasteiger partial charge in [-0.3, -0.25) is 4.90 Å². The Bertz CT molecular complexity index is 354. The molecule has 3 heteroatoms. The normalized spacial score (nSPS) is 20.9. The van der Waals surface area contributed by atoms with Crippen molar-refractivity contribution in [3.63, 3.8) is 0 Å². The van der Waals surface area contributed by atoms with Gasteiger partial charge < -0.3 is 5.32 Å². The lowest BCUT2D eigenvalue weighted by molar-refractivity contribution is 0.260. The van der Waals surface area contributed by atoms with Crippen LogP contribution in [0, 0.1) is 0 Å². The highest BCUT2D eigenvalue weighted by molar-refractivity contribution is 9.10. The third kappa shape index (κ3) is 3.80. The molecular weight excluding hydrogens is 276 g/mol. The van der Waals surface area contributed by atoms with Crippen molar-refractivity contribution in [1.82, 2.24) is 10.2 Å². The topological polar surface area (TPSA) is 15.3 Å². The number of hydrogen-bond acceptors (Lipinski definition) is 2. The van der Waals surface area contributed by atoms with Crippen LogP contribution in [0.2, 0.25) is 0 Å². The highest BCUT2D eigenvalue weighted by Gasteiger charge is 2.21. The van der Waals surface area contributed by atoms with Crippen molar-refractivity contribution in [2.45, 2.75) is 32.4 Å². The Morgan fingerprint density at radius 3 is 3.12 bits per heavy atom. The van der Waals surface area contributed by atoms with Gasteiger partial charge in [0.2, 0.25) is 0 Å². The van der Waals surface area contributed by atoms with E-state index in [0.29, 0.717) is 0 Å². The Labute approximate surface area is 113 Å². The summed E-state index contributed by atoms with van der Waals surface area (Å²) < 4.78 is 1.16. The summed E-state index contributed by atoms with van der Waals surface area (Å²) in [7, 11) is 0. The number of likely N-dealkylation sites (tertiary alicyclic amines) is 1. The van der Waals surface area contributed by atoms with Crippen LogP contribution in [0.4, 0.5) is 0 Å². The van der Waals surface area contributed by atoms with Gasteiger partial charge >= 0.3 is 0 Å².